The van der Waals surface area contributed by atoms with Crippen molar-refractivity contribution in [1.82, 2.24) is 15.0 Å². The number of nitrogens with zero attached hydrogens (tertiary/aromatic N) is 3. The summed E-state index contributed by atoms with van der Waals surface area (Å²) in [5.74, 6) is -0.734. The molecule has 32 heavy (non-hydrogen) atoms. The molecule has 1 aromatic heterocycles. The molecule has 0 amide bonds. The van der Waals surface area contributed by atoms with Gasteiger partial charge in [0.25, 0.3) is 15.6 Å². The van der Waals surface area contributed by atoms with Crippen LogP contribution >= 0.6 is 0 Å². The minimum Gasteiger partial charge on any atom is -0.439 e. The molecule has 0 atom stereocenters. The summed E-state index contributed by atoms with van der Waals surface area (Å²) >= 11 is 0. The van der Waals surface area contributed by atoms with Crippen LogP contribution in [0.3, 0.4) is 0 Å². The maximum atomic E-state index is 12.5. The maximum Gasteiger partial charge on any atom is 0.339 e. The van der Waals surface area contributed by atoms with Crippen molar-refractivity contribution in [2.45, 2.75) is 18.6 Å². The van der Waals surface area contributed by atoms with E-state index in [2.05, 4.69) is 15.0 Å². The van der Waals surface area contributed by atoms with Crippen molar-refractivity contribution in [3.8, 4) is 0 Å². The molecule has 1 heterocycles. The van der Waals surface area contributed by atoms with Crippen molar-refractivity contribution in [1.29, 1.82) is 0 Å². The Morgan fingerprint density at radius 1 is 1.00 bits per heavy atom. The van der Waals surface area contributed by atoms with Crippen LogP contribution < -0.4 is 10.3 Å². The number of carbonyl (C=O) groups is 1. The lowest BCUT2D eigenvalue weighted by Crippen LogP contribution is -2.26. The van der Waals surface area contributed by atoms with Crippen LogP contribution in [0.4, 0.5) is 5.69 Å². The molecule has 0 aliphatic heterocycles. The Labute approximate surface area is 183 Å². The Balaban J connectivity index is 1.44. The van der Waals surface area contributed by atoms with E-state index in [0.29, 0.717) is 16.6 Å². The molecule has 0 spiro atoms. The first-order chi connectivity index (χ1) is 15.3. The quantitative estimate of drug-likeness (QED) is 0.449. The van der Waals surface area contributed by atoms with Crippen molar-refractivity contribution in [3.05, 3.63) is 94.3 Å². The predicted molar refractivity (Wildman–Crippen MR) is 118 cm³/mol. The lowest BCUT2D eigenvalue weighted by atomic mass is 10.2. The number of rotatable bonds is 6. The second kappa shape index (κ2) is 8.60. The molecule has 3 aromatic carbocycles. The van der Waals surface area contributed by atoms with E-state index in [9.17, 15) is 18.0 Å². The summed E-state index contributed by atoms with van der Waals surface area (Å²) in [7, 11) is -3.82. The zero-order valence-corrected chi connectivity index (χ0v) is 17.7. The van der Waals surface area contributed by atoms with Gasteiger partial charge in [0.15, 0.2) is 6.73 Å². The summed E-state index contributed by atoms with van der Waals surface area (Å²) in [6.45, 7) is 1.48. The Morgan fingerprint density at radius 3 is 2.41 bits per heavy atom. The van der Waals surface area contributed by atoms with Crippen LogP contribution in [0, 0.1) is 6.92 Å². The lowest BCUT2D eigenvalue weighted by molar-refractivity contribution is 0.0336. The van der Waals surface area contributed by atoms with Crippen molar-refractivity contribution < 1.29 is 17.9 Å². The SMILES string of the molecule is Cc1ccc(NS(=O)(=O)c2ccc(C(=O)OCn3nnc4ccccc4c3=O)cc2)cc1. The summed E-state index contributed by atoms with van der Waals surface area (Å²) in [5, 5.41) is 8.03. The van der Waals surface area contributed by atoms with Gasteiger partial charge in [0.2, 0.25) is 0 Å². The van der Waals surface area contributed by atoms with Gasteiger partial charge >= 0.3 is 5.97 Å². The molecule has 0 bridgehead atoms. The third-order valence-corrected chi connectivity index (χ3v) is 6.05. The first-order valence-electron chi connectivity index (χ1n) is 9.53. The number of benzene rings is 3. The number of anilines is 1. The number of esters is 1. The van der Waals surface area contributed by atoms with Gasteiger partial charge in [-0.25, -0.2) is 13.2 Å². The fraction of sp³-hybridized carbons (Fsp3) is 0.0909. The minimum absolute atomic E-state index is 0.00811. The summed E-state index contributed by atoms with van der Waals surface area (Å²) in [4.78, 5) is 24.7. The van der Waals surface area contributed by atoms with E-state index in [1.165, 1.54) is 24.3 Å². The number of aromatic nitrogens is 3. The normalized spacial score (nSPS) is 11.3. The van der Waals surface area contributed by atoms with Gasteiger partial charge in [0.05, 0.1) is 15.8 Å². The Bertz CT molecular complexity index is 1450. The number of carbonyl (C=O) groups excluding carboxylic acids is 1. The van der Waals surface area contributed by atoms with E-state index in [-0.39, 0.29) is 10.5 Å². The van der Waals surface area contributed by atoms with Gasteiger partial charge in [-0.2, -0.15) is 4.68 Å². The van der Waals surface area contributed by atoms with Gasteiger partial charge in [-0.3, -0.25) is 9.52 Å². The molecule has 0 saturated carbocycles. The van der Waals surface area contributed by atoms with E-state index in [4.69, 9.17) is 4.74 Å². The fourth-order valence-electron chi connectivity index (χ4n) is 2.92. The van der Waals surface area contributed by atoms with Crippen LogP contribution in [0.5, 0.6) is 0 Å². The van der Waals surface area contributed by atoms with Gasteiger partial charge in [-0.15, -0.1) is 5.10 Å². The highest BCUT2D eigenvalue weighted by atomic mass is 32.2. The highest BCUT2D eigenvalue weighted by molar-refractivity contribution is 7.92. The van der Waals surface area contributed by atoms with Crippen LogP contribution in [0.1, 0.15) is 15.9 Å². The van der Waals surface area contributed by atoms with Gasteiger partial charge in [-0.05, 0) is 55.5 Å². The van der Waals surface area contributed by atoms with E-state index in [1.54, 1.807) is 48.5 Å². The Morgan fingerprint density at radius 2 is 1.69 bits per heavy atom. The number of sulfonamides is 1. The van der Waals surface area contributed by atoms with Crippen LogP contribution in [0.25, 0.3) is 10.9 Å². The van der Waals surface area contributed by atoms with Crippen molar-refractivity contribution in [2.75, 3.05) is 4.72 Å². The van der Waals surface area contributed by atoms with Gasteiger partial charge in [-0.1, -0.05) is 35.0 Å². The lowest BCUT2D eigenvalue weighted by Gasteiger charge is -2.09. The molecule has 10 heteroatoms. The number of hydrogen-bond acceptors (Lipinski definition) is 7. The number of fused-ring (bicyclic) bond motifs is 1. The molecule has 0 aliphatic carbocycles. The zero-order valence-electron chi connectivity index (χ0n) is 16.9. The number of nitrogens with one attached hydrogen (secondary N) is 1. The highest BCUT2D eigenvalue weighted by Crippen LogP contribution is 2.17. The maximum absolute atomic E-state index is 12.5. The Kier molecular flexibility index (Phi) is 5.69. The van der Waals surface area contributed by atoms with Crippen molar-refractivity contribution >= 4 is 32.6 Å². The molecule has 0 aliphatic rings. The summed E-state index contributed by atoms with van der Waals surface area (Å²) in [5.41, 5.74) is 1.57. The molecule has 1 N–H and O–H groups in total. The molecular weight excluding hydrogens is 432 g/mol. The molecule has 0 unspecified atom stereocenters. The standard InChI is InChI=1S/C22H18N4O5S/c1-15-6-10-17(11-7-15)24-32(29,30)18-12-8-16(9-13-18)22(28)31-14-26-21(27)19-4-2-3-5-20(19)23-25-26/h2-13,24H,14H2,1H3. The highest BCUT2D eigenvalue weighted by Gasteiger charge is 2.16. The molecule has 0 fully saturated rings. The third kappa shape index (κ3) is 4.49. The van der Waals surface area contributed by atoms with E-state index < -0.39 is 28.3 Å². The summed E-state index contributed by atoms with van der Waals surface area (Å²) in [6.07, 6.45) is 0. The molecule has 4 rings (SSSR count). The fourth-order valence-corrected chi connectivity index (χ4v) is 3.98. The number of hydrogen-bond donors (Lipinski definition) is 1. The summed E-state index contributed by atoms with van der Waals surface area (Å²) < 4.78 is 33.6. The molecule has 9 nitrogen and oxygen atoms in total. The number of aryl methyl sites for hydroxylation is 1. The van der Waals surface area contributed by atoms with E-state index >= 15 is 0 Å². The minimum atomic E-state index is -3.82. The first-order valence-corrected chi connectivity index (χ1v) is 11.0. The van der Waals surface area contributed by atoms with E-state index in [0.717, 1.165) is 10.2 Å². The molecular formula is C22H18N4O5S. The van der Waals surface area contributed by atoms with Crippen LogP contribution in [0.15, 0.2) is 82.5 Å². The van der Waals surface area contributed by atoms with Gasteiger partial charge in [0, 0.05) is 5.69 Å². The zero-order chi connectivity index (χ0) is 22.7. The van der Waals surface area contributed by atoms with E-state index in [1.807, 2.05) is 6.92 Å². The van der Waals surface area contributed by atoms with Crippen LogP contribution in [-0.2, 0) is 21.5 Å². The Hall–Kier alpha value is -4.05. The van der Waals surface area contributed by atoms with Crippen LogP contribution in [-0.4, -0.2) is 29.4 Å². The molecule has 0 saturated heterocycles. The number of ether oxygens (including phenoxy) is 1. The van der Waals surface area contributed by atoms with Crippen LogP contribution in [0.2, 0.25) is 0 Å². The summed E-state index contributed by atoms with van der Waals surface area (Å²) in [6, 6.07) is 18.9. The molecule has 162 valence electrons. The average molecular weight is 450 g/mol. The second-order valence-electron chi connectivity index (χ2n) is 6.97. The van der Waals surface area contributed by atoms with Crippen molar-refractivity contribution in [2.24, 2.45) is 0 Å². The largest absolute Gasteiger partial charge is 0.439 e. The second-order valence-corrected chi connectivity index (χ2v) is 8.65. The van der Waals surface area contributed by atoms with Crippen molar-refractivity contribution in [3.63, 3.8) is 0 Å². The molecule has 4 aromatic rings. The van der Waals surface area contributed by atoms with Gasteiger partial charge in [0.1, 0.15) is 5.52 Å². The topological polar surface area (TPSA) is 120 Å². The first kappa shape index (κ1) is 21.2. The monoisotopic (exact) mass is 450 g/mol. The van der Waals surface area contributed by atoms with Gasteiger partial charge < -0.3 is 4.74 Å². The predicted octanol–water partition coefficient (Wildman–Crippen LogP) is 2.72. The molecule has 0 radical (unpaired) electrons. The third-order valence-electron chi connectivity index (χ3n) is 4.65. The smallest absolute Gasteiger partial charge is 0.339 e. The average Bonchev–Trinajstić information content (AvgIpc) is 2.80.